The van der Waals surface area contributed by atoms with Gasteiger partial charge in [0.25, 0.3) is 11.8 Å². The fourth-order valence-corrected chi connectivity index (χ4v) is 5.98. The van der Waals surface area contributed by atoms with Gasteiger partial charge in [-0.05, 0) is 74.2 Å². The molecule has 0 atom stereocenters. The van der Waals surface area contributed by atoms with Crippen molar-refractivity contribution in [2.75, 3.05) is 33.3 Å². The topological polar surface area (TPSA) is 74.8 Å². The Kier molecular flexibility index (Phi) is 8.11. The zero-order chi connectivity index (χ0) is 27.6. The molecule has 1 aromatic carbocycles. The molecule has 0 radical (unpaired) electrons. The van der Waals surface area contributed by atoms with Gasteiger partial charge < -0.3 is 19.9 Å². The number of alkyl halides is 3. The Balaban J connectivity index is 1.05. The minimum absolute atomic E-state index is 0.0286. The van der Waals surface area contributed by atoms with Crippen LogP contribution < -0.4 is 10.1 Å². The number of fused-ring (bicyclic) bond motifs is 2. The summed E-state index contributed by atoms with van der Waals surface area (Å²) in [6, 6.07) is 8.88. The number of carbonyl (C=O) groups excluding carboxylic acids is 2. The Hall–Kier alpha value is -3.14. The third-order valence-electron chi connectivity index (χ3n) is 8.22. The monoisotopic (exact) mass is 544 g/mol. The number of halogens is 3. The van der Waals surface area contributed by atoms with Crippen LogP contribution in [0.5, 0.6) is 5.88 Å². The van der Waals surface area contributed by atoms with E-state index >= 15 is 0 Å². The highest BCUT2D eigenvalue weighted by atomic mass is 19.4. The summed E-state index contributed by atoms with van der Waals surface area (Å²) in [6.07, 6.45) is 2.25. The molecule has 0 saturated heterocycles. The van der Waals surface area contributed by atoms with Crippen molar-refractivity contribution in [2.24, 2.45) is 5.92 Å². The van der Waals surface area contributed by atoms with Gasteiger partial charge in [-0.2, -0.15) is 13.2 Å². The van der Waals surface area contributed by atoms with Gasteiger partial charge in [-0.15, -0.1) is 0 Å². The molecule has 7 nitrogen and oxygen atoms in total. The molecule has 10 heteroatoms. The maximum absolute atomic E-state index is 13.0. The lowest BCUT2D eigenvalue weighted by Gasteiger charge is -2.31. The second-order valence-electron chi connectivity index (χ2n) is 11.0. The number of ether oxygens (including phenoxy) is 1. The summed E-state index contributed by atoms with van der Waals surface area (Å²) < 4.78 is 42.2. The van der Waals surface area contributed by atoms with E-state index in [0.717, 1.165) is 75.0 Å². The van der Waals surface area contributed by atoms with Crippen molar-refractivity contribution >= 4 is 11.8 Å². The summed E-state index contributed by atoms with van der Waals surface area (Å²) in [5.74, 6) is 0.505. The minimum atomic E-state index is -4.38. The van der Waals surface area contributed by atoms with Gasteiger partial charge in [0.05, 0.1) is 0 Å². The average Bonchev–Trinajstić information content (AvgIpc) is 3.07. The van der Waals surface area contributed by atoms with Crippen molar-refractivity contribution < 1.29 is 27.5 Å². The summed E-state index contributed by atoms with van der Waals surface area (Å²) in [6.45, 7) is 1.85. The van der Waals surface area contributed by atoms with E-state index in [0.29, 0.717) is 30.0 Å². The maximum Gasteiger partial charge on any atom is 0.422 e. The summed E-state index contributed by atoms with van der Waals surface area (Å²) in [4.78, 5) is 33.7. The van der Waals surface area contributed by atoms with Crippen LogP contribution in [0.2, 0.25) is 0 Å². The molecule has 210 valence electrons. The standard InChI is InChI=1S/C29H35F3N4O3/c1-35-17-24-22(3-2-4-23(24)28(35)38)27(37)33-21-8-5-19(6-9-21)11-14-36-15-12-20-7-10-26(34-25(20)13-16-36)39-18-29(30,31)32/h2-4,7,10,19,21H,5-6,8-9,11-18H2,1H3,(H,33,37). The van der Waals surface area contributed by atoms with E-state index in [9.17, 15) is 22.8 Å². The highest BCUT2D eigenvalue weighted by Gasteiger charge is 2.31. The van der Waals surface area contributed by atoms with Gasteiger partial charge >= 0.3 is 6.18 Å². The van der Waals surface area contributed by atoms with Crippen LogP contribution >= 0.6 is 0 Å². The van der Waals surface area contributed by atoms with Crippen LogP contribution in [0.15, 0.2) is 30.3 Å². The highest BCUT2D eigenvalue weighted by Crippen LogP contribution is 2.29. The zero-order valence-electron chi connectivity index (χ0n) is 22.2. The first-order valence-electron chi connectivity index (χ1n) is 13.7. The Morgan fingerprint density at radius 2 is 1.87 bits per heavy atom. The maximum atomic E-state index is 13.0. The van der Waals surface area contributed by atoms with Crippen molar-refractivity contribution in [1.29, 1.82) is 0 Å². The highest BCUT2D eigenvalue weighted by molar-refractivity contribution is 6.04. The number of amides is 2. The van der Waals surface area contributed by atoms with Crippen molar-refractivity contribution in [1.82, 2.24) is 20.1 Å². The number of aromatic nitrogens is 1. The molecule has 0 unspecified atom stereocenters. The van der Waals surface area contributed by atoms with Crippen LogP contribution in [0.1, 0.15) is 69.6 Å². The van der Waals surface area contributed by atoms with Crippen LogP contribution in [-0.4, -0.2) is 72.1 Å². The Morgan fingerprint density at radius 1 is 1.10 bits per heavy atom. The van der Waals surface area contributed by atoms with Crippen LogP contribution in [-0.2, 0) is 19.4 Å². The first-order chi connectivity index (χ1) is 18.7. The molecular weight excluding hydrogens is 509 g/mol. The van der Waals surface area contributed by atoms with Gasteiger partial charge in [-0.25, -0.2) is 4.98 Å². The molecule has 1 aromatic heterocycles. The van der Waals surface area contributed by atoms with Crippen molar-refractivity contribution in [2.45, 2.75) is 63.7 Å². The van der Waals surface area contributed by atoms with Crippen molar-refractivity contribution in [3.8, 4) is 5.88 Å². The third-order valence-corrected chi connectivity index (χ3v) is 8.22. The molecule has 2 aromatic rings. The Morgan fingerprint density at radius 3 is 2.64 bits per heavy atom. The van der Waals surface area contributed by atoms with Crippen molar-refractivity contribution in [3.05, 3.63) is 58.3 Å². The van der Waals surface area contributed by atoms with E-state index in [1.54, 1.807) is 30.1 Å². The zero-order valence-corrected chi connectivity index (χ0v) is 22.2. The quantitative estimate of drug-likeness (QED) is 0.560. The van der Waals surface area contributed by atoms with Gasteiger partial charge in [0.2, 0.25) is 5.88 Å². The lowest BCUT2D eigenvalue weighted by molar-refractivity contribution is -0.154. The molecule has 1 saturated carbocycles. The summed E-state index contributed by atoms with van der Waals surface area (Å²) >= 11 is 0. The number of pyridine rings is 1. The van der Waals surface area contributed by atoms with Crippen LogP contribution in [0, 0.1) is 5.92 Å². The molecular formula is C29H35F3N4O3. The predicted molar refractivity (Wildman–Crippen MR) is 140 cm³/mol. The van der Waals surface area contributed by atoms with E-state index in [1.165, 1.54) is 6.07 Å². The normalized spacial score (nSPS) is 21.7. The number of hydrogen-bond donors (Lipinski definition) is 1. The smallest absolute Gasteiger partial charge is 0.422 e. The van der Waals surface area contributed by atoms with Gasteiger partial charge in [0.15, 0.2) is 6.61 Å². The fraction of sp³-hybridized carbons (Fsp3) is 0.552. The number of nitrogens with one attached hydrogen (secondary N) is 1. The number of hydrogen-bond acceptors (Lipinski definition) is 5. The SMILES string of the molecule is CN1Cc2c(C(=O)NC3CCC(CCN4CCc5ccc(OCC(F)(F)F)nc5CC4)CC3)cccc2C1=O. The van der Waals surface area contributed by atoms with Crippen molar-refractivity contribution in [3.63, 3.8) is 0 Å². The molecule has 5 rings (SSSR count). The second-order valence-corrected chi connectivity index (χ2v) is 11.0. The summed E-state index contributed by atoms with van der Waals surface area (Å²) in [5.41, 5.74) is 3.94. The van der Waals surface area contributed by atoms with Gasteiger partial charge in [0.1, 0.15) is 0 Å². The average molecular weight is 545 g/mol. The largest absolute Gasteiger partial charge is 0.468 e. The second kappa shape index (κ2) is 11.5. The minimum Gasteiger partial charge on any atom is -0.468 e. The molecule has 1 aliphatic carbocycles. The fourth-order valence-electron chi connectivity index (χ4n) is 5.98. The molecule has 1 fully saturated rings. The molecule has 3 aliphatic rings. The third kappa shape index (κ3) is 6.72. The molecule has 39 heavy (non-hydrogen) atoms. The van der Waals surface area contributed by atoms with E-state index < -0.39 is 12.8 Å². The Bertz CT molecular complexity index is 1210. The summed E-state index contributed by atoms with van der Waals surface area (Å²) in [7, 11) is 1.75. The molecule has 2 aliphatic heterocycles. The van der Waals surface area contributed by atoms with Crippen LogP contribution in [0.4, 0.5) is 13.2 Å². The van der Waals surface area contributed by atoms with Crippen LogP contribution in [0.25, 0.3) is 0 Å². The number of carbonyl (C=O) groups is 2. The number of rotatable bonds is 7. The Labute approximate surface area is 226 Å². The lowest BCUT2D eigenvalue weighted by Crippen LogP contribution is -2.38. The first kappa shape index (κ1) is 27.4. The molecule has 0 bridgehead atoms. The number of nitrogens with zero attached hydrogens (tertiary/aromatic N) is 3. The van der Waals surface area contributed by atoms with Gasteiger partial charge in [-0.1, -0.05) is 12.1 Å². The number of benzene rings is 1. The molecule has 0 spiro atoms. The first-order valence-corrected chi connectivity index (χ1v) is 13.7. The molecule has 3 heterocycles. The summed E-state index contributed by atoms with van der Waals surface area (Å²) in [5, 5.41) is 3.20. The van der Waals surface area contributed by atoms with E-state index in [4.69, 9.17) is 4.74 Å². The van der Waals surface area contributed by atoms with E-state index in [-0.39, 0.29) is 23.7 Å². The molecule has 2 amide bonds. The van der Waals surface area contributed by atoms with Crippen LogP contribution in [0.3, 0.4) is 0 Å². The van der Waals surface area contributed by atoms with Gasteiger partial charge in [0, 0.05) is 62.0 Å². The van der Waals surface area contributed by atoms with E-state index in [2.05, 4.69) is 15.2 Å². The molecule has 1 N–H and O–H groups in total. The predicted octanol–water partition coefficient (Wildman–Crippen LogP) is 4.39. The van der Waals surface area contributed by atoms with E-state index in [1.807, 2.05) is 6.07 Å². The lowest BCUT2D eigenvalue weighted by atomic mass is 9.84. The van der Waals surface area contributed by atoms with Gasteiger partial charge in [-0.3, -0.25) is 9.59 Å².